The molecule has 0 amide bonds. The van der Waals surface area contributed by atoms with Gasteiger partial charge in [0.15, 0.2) is 5.82 Å². The van der Waals surface area contributed by atoms with Crippen molar-refractivity contribution in [1.29, 1.82) is 0 Å². The fourth-order valence-corrected chi connectivity index (χ4v) is 5.25. The van der Waals surface area contributed by atoms with Gasteiger partial charge in [0.2, 0.25) is 4.96 Å². The van der Waals surface area contributed by atoms with E-state index in [0.29, 0.717) is 0 Å². The number of piperazine rings is 1. The maximum absolute atomic E-state index is 6.14. The highest BCUT2D eigenvalue weighted by atomic mass is 79.9. The second-order valence-corrected chi connectivity index (χ2v) is 9.57. The Morgan fingerprint density at radius 1 is 1.00 bits per heavy atom. The average Bonchev–Trinajstić information content (AvgIpc) is 3.29. The third-order valence-corrected chi connectivity index (χ3v) is 6.85. The Morgan fingerprint density at radius 3 is 2.62 bits per heavy atom. The van der Waals surface area contributed by atoms with Gasteiger partial charge in [-0.05, 0) is 30.3 Å². The van der Waals surface area contributed by atoms with Gasteiger partial charge in [0.1, 0.15) is 0 Å². The molecule has 1 saturated heterocycles. The predicted octanol–water partition coefficient (Wildman–Crippen LogP) is 5.20. The van der Waals surface area contributed by atoms with Gasteiger partial charge < -0.3 is 4.90 Å². The van der Waals surface area contributed by atoms with E-state index >= 15 is 0 Å². The average molecular weight is 489 g/mol. The molecular weight excluding hydrogens is 470 g/mol. The summed E-state index contributed by atoms with van der Waals surface area (Å²) in [6.07, 6.45) is 2.18. The van der Waals surface area contributed by atoms with Crippen molar-refractivity contribution in [1.82, 2.24) is 19.5 Å². The Bertz CT molecular complexity index is 1150. The molecule has 0 aliphatic carbocycles. The lowest BCUT2D eigenvalue weighted by Crippen LogP contribution is -2.45. The quantitative estimate of drug-likeness (QED) is 0.396. The van der Waals surface area contributed by atoms with E-state index in [1.54, 1.807) is 11.3 Å². The van der Waals surface area contributed by atoms with Crippen LogP contribution in [-0.4, -0.2) is 45.7 Å². The van der Waals surface area contributed by atoms with Gasteiger partial charge in [0, 0.05) is 64.5 Å². The van der Waals surface area contributed by atoms with Crippen LogP contribution in [0.3, 0.4) is 0 Å². The molecule has 1 fully saturated rings. The minimum Gasteiger partial charge on any atom is -0.369 e. The largest absolute Gasteiger partial charge is 0.369 e. The van der Waals surface area contributed by atoms with Crippen LogP contribution in [0, 0.1) is 0 Å². The van der Waals surface area contributed by atoms with E-state index in [-0.39, 0.29) is 0 Å². The molecule has 0 unspecified atom stereocenters. The molecule has 2 aromatic heterocycles. The number of rotatable bonds is 4. The zero-order chi connectivity index (χ0) is 19.8. The van der Waals surface area contributed by atoms with Crippen molar-refractivity contribution in [2.24, 2.45) is 0 Å². The summed E-state index contributed by atoms with van der Waals surface area (Å²) in [4.78, 5) is 7.15. The summed E-state index contributed by atoms with van der Waals surface area (Å²) in [6, 6.07) is 16.3. The Labute approximate surface area is 186 Å². The summed E-state index contributed by atoms with van der Waals surface area (Å²) in [5.41, 5.74) is 2.27. The van der Waals surface area contributed by atoms with E-state index in [1.165, 1.54) is 10.6 Å². The van der Waals surface area contributed by atoms with Crippen LogP contribution >= 0.6 is 38.9 Å². The smallest absolute Gasteiger partial charge is 0.216 e. The van der Waals surface area contributed by atoms with Crippen LogP contribution in [-0.2, 0) is 6.54 Å². The molecular formula is C21H19BrClN5S. The van der Waals surface area contributed by atoms with Crippen LogP contribution in [0.5, 0.6) is 0 Å². The lowest BCUT2D eigenvalue weighted by Gasteiger charge is -2.35. The van der Waals surface area contributed by atoms with Gasteiger partial charge in [-0.15, -0.1) is 10.2 Å². The Balaban J connectivity index is 1.28. The van der Waals surface area contributed by atoms with Crippen molar-refractivity contribution < 1.29 is 0 Å². The SMILES string of the molecule is Clc1cccc(N2CCN(Cc3cn4c(-c5cccc(Br)c5)nnc4s3)CC2)c1. The lowest BCUT2D eigenvalue weighted by atomic mass is 10.2. The van der Waals surface area contributed by atoms with Crippen molar-refractivity contribution >= 4 is 49.5 Å². The molecule has 0 spiro atoms. The molecule has 148 valence electrons. The minimum absolute atomic E-state index is 0.793. The van der Waals surface area contributed by atoms with E-state index in [9.17, 15) is 0 Å². The number of fused-ring (bicyclic) bond motifs is 1. The molecule has 0 radical (unpaired) electrons. The van der Waals surface area contributed by atoms with Gasteiger partial charge in [0.25, 0.3) is 0 Å². The predicted molar refractivity (Wildman–Crippen MR) is 123 cm³/mol. The summed E-state index contributed by atoms with van der Waals surface area (Å²) in [7, 11) is 0. The molecule has 8 heteroatoms. The summed E-state index contributed by atoms with van der Waals surface area (Å²) in [6.45, 7) is 5.02. The summed E-state index contributed by atoms with van der Waals surface area (Å²) < 4.78 is 3.14. The summed E-state index contributed by atoms with van der Waals surface area (Å²) >= 11 is 11.4. The molecule has 0 atom stereocenters. The molecule has 0 N–H and O–H groups in total. The van der Waals surface area contributed by atoms with Crippen molar-refractivity contribution in [2.45, 2.75) is 6.54 Å². The van der Waals surface area contributed by atoms with Crippen LogP contribution in [0.2, 0.25) is 5.02 Å². The second-order valence-electron chi connectivity index (χ2n) is 7.13. The van der Waals surface area contributed by atoms with Gasteiger partial charge in [-0.3, -0.25) is 9.30 Å². The summed E-state index contributed by atoms with van der Waals surface area (Å²) in [5.74, 6) is 0.884. The monoisotopic (exact) mass is 487 g/mol. The van der Waals surface area contributed by atoms with Gasteiger partial charge in [0.05, 0.1) is 0 Å². The minimum atomic E-state index is 0.793. The fraction of sp³-hybridized carbons (Fsp3) is 0.238. The number of hydrogen-bond acceptors (Lipinski definition) is 5. The first kappa shape index (κ1) is 19.1. The number of nitrogens with zero attached hydrogens (tertiary/aromatic N) is 5. The van der Waals surface area contributed by atoms with Crippen LogP contribution in [0.15, 0.2) is 59.2 Å². The van der Waals surface area contributed by atoms with E-state index in [2.05, 4.69) is 64.7 Å². The number of aromatic nitrogens is 3. The lowest BCUT2D eigenvalue weighted by molar-refractivity contribution is 0.252. The van der Waals surface area contributed by atoms with E-state index in [4.69, 9.17) is 11.6 Å². The molecule has 0 bridgehead atoms. The van der Waals surface area contributed by atoms with Crippen LogP contribution < -0.4 is 4.90 Å². The van der Waals surface area contributed by atoms with Crippen LogP contribution in [0.1, 0.15) is 4.88 Å². The Kier molecular flexibility index (Phi) is 5.30. The van der Waals surface area contributed by atoms with Crippen molar-refractivity contribution in [3.05, 3.63) is 69.1 Å². The molecule has 1 aliphatic rings. The van der Waals surface area contributed by atoms with E-state index in [1.807, 2.05) is 30.3 Å². The number of anilines is 1. The van der Waals surface area contributed by atoms with Crippen LogP contribution in [0.25, 0.3) is 16.3 Å². The van der Waals surface area contributed by atoms with E-state index in [0.717, 1.165) is 58.6 Å². The molecule has 2 aromatic carbocycles. The third kappa shape index (κ3) is 4.05. The van der Waals surface area contributed by atoms with Crippen molar-refractivity contribution in [2.75, 3.05) is 31.1 Å². The standard InChI is InChI=1S/C21H19BrClN5S/c22-16-4-1-3-15(11-16)20-24-25-21-28(20)14-19(29-21)13-26-7-9-27(10-8-26)18-6-2-5-17(23)12-18/h1-6,11-12,14H,7-10,13H2. The zero-order valence-corrected chi connectivity index (χ0v) is 18.8. The maximum Gasteiger partial charge on any atom is 0.216 e. The number of halogens is 2. The molecule has 4 aromatic rings. The van der Waals surface area contributed by atoms with Gasteiger partial charge in [-0.2, -0.15) is 0 Å². The highest BCUT2D eigenvalue weighted by Gasteiger charge is 2.19. The Morgan fingerprint density at radius 2 is 1.83 bits per heavy atom. The normalized spacial score (nSPS) is 15.3. The van der Waals surface area contributed by atoms with Gasteiger partial charge >= 0.3 is 0 Å². The molecule has 1 aliphatic heterocycles. The molecule has 3 heterocycles. The maximum atomic E-state index is 6.14. The van der Waals surface area contributed by atoms with Crippen LogP contribution in [0.4, 0.5) is 5.69 Å². The molecule has 0 saturated carbocycles. The first-order valence-corrected chi connectivity index (χ1v) is 11.5. The molecule has 29 heavy (non-hydrogen) atoms. The number of thiazole rings is 1. The Hall–Kier alpha value is -1.93. The fourth-order valence-electron chi connectivity index (χ4n) is 3.71. The first-order chi connectivity index (χ1) is 14.2. The van der Waals surface area contributed by atoms with Gasteiger partial charge in [-0.25, -0.2) is 0 Å². The summed E-state index contributed by atoms with van der Waals surface area (Å²) in [5, 5.41) is 9.55. The molecule has 5 nitrogen and oxygen atoms in total. The van der Waals surface area contributed by atoms with Crippen molar-refractivity contribution in [3.63, 3.8) is 0 Å². The highest BCUT2D eigenvalue weighted by molar-refractivity contribution is 9.10. The highest BCUT2D eigenvalue weighted by Crippen LogP contribution is 2.27. The van der Waals surface area contributed by atoms with E-state index < -0.39 is 0 Å². The van der Waals surface area contributed by atoms with Gasteiger partial charge in [-0.1, -0.05) is 57.1 Å². The first-order valence-electron chi connectivity index (χ1n) is 9.48. The second kappa shape index (κ2) is 8.07. The number of benzene rings is 2. The molecule has 5 rings (SSSR count). The topological polar surface area (TPSA) is 36.7 Å². The zero-order valence-electron chi connectivity index (χ0n) is 15.6. The van der Waals surface area contributed by atoms with Crippen molar-refractivity contribution in [3.8, 4) is 11.4 Å². The number of hydrogen-bond donors (Lipinski definition) is 0. The third-order valence-electron chi connectivity index (χ3n) is 5.17.